The van der Waals surface area contributed by atoms with Crippen LogP contribution in [0.15, 0.2) is 12.1 Å². The van der Waals surface area contributed by atoms with E-state index in [1.165, 1.54) is 20.0 Å². The number of likely N-dealkylation sites (tertiary alicyclic amines) is 1. The Morgan fingerprint density at radius 1 is 1.22 bits per heavy atom. The molecule has 0 N–H and O–H groups in total. The third-order valence-electron chi connectivity index (χ3n) is 4.90. The van der Waals surface area contributed by atoms with E-state index in [9.17, 15) is 14.5 Å². The van der Waals surface area contributed by atoms with Gasteiger partial charge in [-0.2, -0.15) is 4.39 Å². The van der Waals surface area contributed by atoms with Crippen LogP contribution in [0.25, 0.3) is 0 Å². The van der Waals surface area contributed by atoms with Gasteiger partial charge in [0.15, 0.2) is 0 Å². The molecule has 0 radical (unpaired) electrons. The normalized spacial score (nSPS) is 20.0. The van der Waals surface area contributed by atoms with E-state index in [2.05, 4.69) is 4.90 Å². The van der Waals surface area contributed by atoms with Gasteiger partial charge in [0.1, 0.15) is 11.4 Å². The van der Waals surface area contributed by atoms with Gasteiger partial charge in [-0.05, 0) is 38.8 Å². The summed E-state index contributed by atoms with van der Waals surface area (Å²) in [6.45, 7) is 3.71. The van der Waals surface area contributed by atoms with Crippen LogP contribution in [0.4, 0.5) is 15.8 Å². The summed E-state index contributed by atoms with van der Waals surface area (Å²) < 4.78 is 19.1. The molecule has 2 fully saturated rings. The molecule has 1 aromatic carbocycles. The standard InChI is InChI=1S/C16H22FN3O3/c1-23-13-10-14(17)16(20(21)22)15(11-13)19-8-4-12(5-9-19)18-6-2-3-7-18/h10-12H,2-9H2,1H3. The smallest absolute Gasteiger partial charge is 0.328 e. The summed E-state index contributed by atoms with van der Waals surface area (Å²) in [6, 6.07) is 3.18. The van der Waals surface area contributed by atoms with Crippen LogP contribution in [0.1, 0.15) is 25.7 Å². The number of piperidine rings is 1. The predicted octanol–water partition coefficient (Wildman–Crippen LogP) is 2.81. The van der Waals surface area contributed by atoms with Crippen molar-refractivity contribution in [3.8, 4) is 5.75 Å². The second kappa shape index (κ2) is 6.70. The van der Waals surface area contributed by atoms with Crippen LogP contribution in [0, 0.1) is 15.9 Å². The summed E-state index contributed by atoms with van der Waals surface area (Å²) in [5, 5.41) is 11.2. The summed E-state index contributed by atoms with van der Waals surface area (Å²) in [5.41, 5.74) is -0.128. The van der Waals surface area contributed by atoms with Gasteiger partial charge in [-0.25, -0.2) is 0 Å². The van der Waals surface area contributed by atoms with Crippen LogP contribution in [-0.4, -0.2) is 49.2 Å². The third kappa shape index (κ3) is 3.24. The first-order chi connectivity index (χ1) is 11.1. The molecule has 2 heterocycles. The average Bonchev–Trinajstić information content (AvgIpc) is 3.08. The number of methoxy groups -OCH3 is 1. The number of halogens is 1. The molecule has 0 spiro atoms. The minimum Gasteiger partial charge on any atom is -0.497 e. The SMILES string of the molecule is COc1cc(F)c([N+](=O)[O-])c(N2CCC(N3CCCC3)CC2)c1. The number of nitro benzene ring substituents is 1. The second-order valence-electron chi connectivity index (χ2n) is 6.20. The number of rotatable bonds is 4. The van der Waals surface area contributed by atoms with Gasteiger partial charge >= 0.3 is 5.69 Å². The number of anilines is 1. The lowest BCUT2D eigenvalue weighted by Crippen LogP contribution is -2.44. The van der Waals surface area contributed by atoms with Gasteiger partial charge in [-0.15, -0.1) is 0 Å². The Kier molecular flexibility index (Phi) is 4.66. The Labute approximate surface area is 135 Å². The average molecular weight is 323 g/mol. The molecule has 23 heavy (non-hydrogen) atoms. The van der Waals surface area contributed by atoms with Crippen molar-refractivity contribution in [2.45, 2.75) is 31.7 Å². The molecule has 0 bridgehead atoms. The van der Waals surface area contributed by atoms with Crippen molar-refractivity contribution in [1.29, 1.82) is 0 Å². The minimum absolute atomic E-state index is 0.310. The van der Waals surface area contributed by atoms with Gasteiger partial charge in [-0.3, -0.25) is 10.1 Å². The number of nitro groups is 1. The summed E-state index contributed by atoms with van der Waals surface area (Å²) in [4.78, 5) is 15.0. The molecule has 2 aliphatic rings. The summed E-state index contributed by atoms with van der Waals surface area (Å²) in [6.07, 6.45) is 4.42. The van der Waals surface area contributed by atoms with Gasteiger partial charge in [-0.1, -0.05) is 0 Å². The molecule has 0 saturated carbocycles. The van der Waals surface area contributed by atoms with E-state index in [1.54, 1.807) is 6.07 Å². The molecule has 0 aliphatic carbocycles. The van der Waals surface area contributed by atoms with Crippen LogP contribution in [0.5, 0.6) is 5.75 Å². The Morgan fingerprint density at radius 3 is 2.43 bits per heavy atom. The van der Waals surface area contributed by atoms with E-state index in [0.717, 1.165) is 32.0 Å². The summed E-state index contributed by atoms with van der Waals surface area (Å²) >= 11 is 0. The van der Waals surface area contributed by atoms with Crippen LogP contribution in [-0.2, 0) is 0 Å². The Balaban J connectivity index is 1.79. The first kappa shape index (κ1) is 16.0. The number of hydrogen-bond donors (Lipinski definition) is 0. The van der Waals surface area contributed by atoms with Crippen molar-refractivity contribution in [2.75, 3.05) is 38.2 Å². The van der Waals surface area contributed by atoms with Crippen LogP contribution in [0.2, 0.25) is 0 Å². The molecule has 3 rings (SSSR count). The lowest BCUT2D eigenvalue weighted by atomic mass is 10.0. The molecule has 0 unspecified atom stereocenters. The Hall–Kier alpha value is -1.89. The molecule has 7 heteroatoms. The molecule has 2 aliphatic heterocycles. The number of nitrogens with zero attached hydrogens (tertiary/aromatic N) is 3. The number of hydrogen-bond acceptors (Lipinski definition) is 5. The highest BCUT2D eigenvalue weighted by molar-refractivity contribution is 5.66. The zero-order valence-corrected chi connectivity index (χ0v) is 13.3. The van der Waals surface area contributed by atoms with Gasteiger partial charge < -0.3 is 14.5 Å². The molecule has 1 aromatic rings. The number of ether oxygens (including phenoxy) is 1. The fourth-order valence-corrected chi connectivity index (χ4v) is 3.68. The fourth-order valence-electron chi connectivity index (χ4n) is 3.68. The molecule has 6 nitrogen and oxygen atoms in total. The summed E-state index contributed by atoms with van der Waals surface area (Å²) in [7, 11) is 1.43. The maximum atomic E-state index is 14.1. The largest absolute Gasteiger partial charge is 0.497 e. The number of benzene rings is 1. The van der Waals surface area contributed by atoms with E-state index < -0.39 is 16.4 Å². The molecular weight excluding hydrogens is 301 g/mol. The third-order valence-corrected chi connectivity index (χ3v) is 4.90. The monoisotopic (exact) mass is 323 g/mol. The second-order valence-corrected chi connectivity index (χ2v) is 6.20. The zero-order valence-electron chi connectivity index (χ0n) is 13.3. The molecule has 126 valence electrons. The Bertz CT molecular complexity index is 582. The van der Waals surface area contributed by atoms with Crippen LogP contribution in [0.3, 0.4) is 0 Å². The summed E-state index contributed by atoms with van der Waals surface area (Å²) in [5.74, 6) is -0.532. The first-order valence-corrected chi connectivity index (χ1v) is 8.11. The predicted molar refractivity (Wildman–Crippen MR) is 85.6 cm³/mol. The van der Waals surface area contributed by atoms with Gasteiger partial charge in [0.05, 0.1) is 12.0 Å². The van der Waals surface area contributed by atoms with Crippen molar-refractivity contribution in [2.24, 2.45) is 0 Å². The van der Waals surface area contributed by atoms with Crippen molar-refractivity contribution in [3.63, 3.8) is 0 Å². The van der Waals surface area contributed by atoms with Gasteiger partial charge in [0.2, 0.25) is 5.82 Å². The molecule has 2 saturated heterocycles. The maximum Gasteiger partial charge on any atom is 0.328 e. The van der Waals surface area contributed by atoms with E-state index >= 15 is 0 Å². The quantitative estimate of drug-likeness (QED) is 0.630. The zero-order chi connectivity index (χ0) is 16.4. The first-order valence-electron chi connectivity index (χ1n) is 8.11. The molecular formula is C16H22FN3O3. The van der Waals surface area contributed by atoms with E-state index in [-0.39, 0.29) is 0 Å². The van der Waals surface area contributed by atoms with Gasteiger partial charge in [0.25, 0.3) is 0 Å². The Morgan fingerprint density at radius 2 is 1.87 bits per heavy atom. The van der Waals surface area contributed by atoms with Crippen LogP contribution < -0.4 is 9.64 Å². The highest BCUT2D eigenvalue weighted by Crippen LogP contribution is 2.37. The maximum absolute atomic E-state index is 14.1. The molecule has 0 aromatic heterocycles. The lowest BCUT2D eigenvalue weighted by Gasteiger charge is -2.37. The minimum atomic E-state index is -0.842. The lowest BCUT2D eigenvalue weighted by molar-refractivity contribution is -0.386. The molecule has 0 atom stereocenters. The van der Waals surface area contributed by atoms with Crippen molar-refractivity contribution in [1.82, 2.24) is 4.90 Å². The van der Waals surface area contributed by atoms with Crippen molar-refractivity contribution >= 4 is 11.4 Å². The topological polar surface area (TPSA) is 58.9 Å². The van der Waals surface area contributed by atoms with E-state index in [4.69, 9.17) is 4.74 Å². The highest BCUT2D eigenvalue weighted by atomic mass is 19.1. The van der Waals surface area contributed by atoms with Crippen LogP contribution >= 0.6 is 0 Å². The van der Waals surface area contributed by atoms with E-state index in [0.29, 0.717) is 30.6 Å². The van der Waals surface area contributed by atoms with Gasteiger partial charge in [0, 0.05) is 31.3 Å². The molecule has 0 amide bonds. The highest BCUT2D eigenvalue weighted by Gasteiger charge is 2.31. The van der Waals surface area contributed by atoms with Crippen molar-refractivity contribution in [3.05, 3.63) is 28.1 Å². The van der Waals surface area contributed by atoms with Crippen molar-refractivity contribution < 1.29 is 14.1 Å². The fraction of sp³-hybridized carbons (Fsp3) is 0.625. The van der Waals surface area contributed by atoms with E-state index in [1.807, 2.05) is 4.90 Å².